The largest absolute Gasteiger partial charge is 0.364 e. The van der Waals surface area contributed by atoms with Gasteiger partial charge in [0.1, 0.15) is 24.6 Å². The number of carbonyl (C=O) groups excluding carboxylic acids is 3. The van der Waals surface area contributed by atoms with Crippen LogP contribution in [0.25, 0.3) is 22.0 Å². The van der Waals surface area contributed by atoms with E-state index in [0.29, 0.717) is 16.5 Å². The van der Waals surface area contributed by atoms with E-state index in [1.807, 2.05) is 17.6 Å². The Morgan fingerprint density at radius 1 is 1.06 bits per heavy atom. The van der Waals surface area contributed by atoms with Crippen molar-refractivity contribution in [3.05, 3.63) is 75.6 Å². The topological polar surface area (TPSA) is 170 Å². The van der Waals surface area contributed by atoms with Crippen molar-refractivity contribution in [1.82, 2.24) is 34.8 Å². The first-order valence-electron chi connectivity index (χ1n) is 15.8. The third-order valence-corrected chi connectivity index (χ3v) is 9.40. The zero-order valence-electron chi connectivity index (χ0n) is 25.9. The van der Waals surface area contributed by atoms with Gasteiger partial charge in [-0.2, -0.15) is 15.3 Å². The van der Waals surface area contributed by atoms with Crippen LogP contribution in [0, 0.1) is 6.92 Å². The minimum atomic E-state index is -1.43. The van der Waals surface area contributed by atoms with Gasteiger partial charge in [-0.15, -0.1) is 0 Å². The number of aliphatic imine (C=N–C) groups is 1. The number of likely N-dealkylation sites (tertiary alicyclic amines) is 1. The summed E-state index contributed by atoms with van der Waals surface area (Å²) in [4.78, 5) is 58.9. The van der Waals surface area contributed by atoms with Gasteiger partial charge in [0.15, 0.2) is 5.69 Å². The summed E-state index contributed by atoms with van der Waals surface area (Å²) in [6.45, 7) is 1.53. The smallest absolute Gasteiger partial charge is 0.269 e. The van der Waals surface area contributed by atoms with Crippen LogP contribution in [0.5, 0.6) is 0 Å². The number of benzene rings is 1. The molecule has 4 aromatic rings. The fraction of sp³-hybridized carbons (Fsp3) is 0.394. The molecule has 3 N–H and O–H groups in total. The fourth-order valence-corrected chi connectivity index (χ4v) is 7.18. The number of aryl methyl sites for hydroxylation is 1. The lowest BCUT2D eigenvalue weighted by Gasteiger charge is -2.27. The lowest BCUT2D eigenvalue weighted by atomic mass is 9.94. The van der Waals surface area contributed by atoms with Crippen molar-refractivity contribution < 1.29 is 18.8 Å². The van der Waals surface area contributed by atoms with Crippen molar-refractivity contribution >= 4 is 34.5 Å². The molecule has 242 valence electrons. The first-order chi connectivity index (χ1) is 22.7. The van der Waals surface area contributed by atoms with Crippen LogP contribution in [0.3, 0.4) is 0 Å². The van der Waals surface area contributed by atoms with E-state index >= 15 is 0 Å². The Balaban J connectivity index is 1.12. The highest BCUT2D eigenvalue weighted by atomic mass is 19.1. The highest BCUT2D eigenvalue weighted by molar-refractivity contribution is 6.11. The molecular formula is C33H34FN9O4. The van der Waals surface area contributed by atoms with E-state index in [1.54, 1.807) is 36.7 Å². The number of nitrogens with one attached hydrogen (secondary N) is 1. The highest BCUT2D eigenvalue weighted by Gasteiger charge is 2.41. The second kappa shape index (κ2) is 12.2. The van der Waals surface area contributed by atoms with Gasteiger partial charge in [0.25, 0.3) is 11.5 Å². The number of pyridine rings is 1. The first-order valence-corrected chi connectivity index (χ1v) is 15.8. The molecule has 3 aromatic heterocycles. The molecule has 1 saturated heterocycles. The molecule has 1 saturated carbocycles. The van der Waals surface area contributed by atoms with Crippen LogP contribution in [0.1, 0.15) is 71.9 Å². The SMILES string of the molecule is Cc1cc2c(c(=O)n1C1CCCCC1)C(NC(=O)C1CC(F)CN1C(=O)Cn1nc(C(N)=O)c3cc(-c4ccnnc4)ccc31)=NC2. The van der Waals surface area contributed by atoms with Crippen molar-refractivity contribution in [3.8, 4) is 11.1 Å². The van der Waals surface area contributed by atoms with Crippen LogP contribution in [0.15, 0.2) is 52.5 Å². The van der Waals surface area contributed by atoms with E-state index in [2.05, 4.69) is 25.6 Å². The molecule has 47 heavy (non-hydrogen) atoms. The number of fused-ring (bicyclic) bond motifs is 2. The number of hydrogen-bond donors (Lipinski definition) is 2. The van der Waals surface area contributed by atoms with Gasteiger partial charge in [-0.05, 0) is 55.2 Å². The number of halogens is 1. The monoisotopic (exact) mass is 639 g/mol. The summed E-state index contributed by atoms with van der Waals surface area (Å²) in [6, 6.07) is 7.92. The molecule has 7 rings (SSSR count). The van der Waals surface area contributed by atoms with Crippen LogP contribution >= 0.6 is 0 Å². The van der Waals surface area contributed by atoms with Crippen LogP contribution in [-0.4, -0.2) is 71.8 Å². The van der Waals surface area contributed by atoms with Gasteiger partial charge in [-0.25, -0.2) is 4.39 Å². The van der Waals surface area contributed by atoms with Gasteiger partial charge < -0.3 is 20.5 Å². The third kappa shape index (κ3) is 5.57. The Kier molecular flexibility index (Phi) is 7.86. The van der Waals surface area contributed by atoms with Crippen LogP contribution < -0.4 is 16.6 Å². The van der Waals surface area contributed by atoms with E-state index in [1.165, 1.54) is 9.58 Å². The standard InChI is InChI=1S/C33H34FN9O4/c1-18-11-21-14-36-31(28(21)33(47)43(18)23-5-3-2-4-6-23)39-32(46)26-13-22(34)16-41(26)27(44)17-42-25-8-7-19(20-9-10-37-38-15-20)12-24(25)29(40-42)30(35)45/h7-12,15,22-23,26H,2-6,13-14,16-17H2,1H3,(H2,35,45)(H,36,39,46). The van der Waals surface area contributed by atoms with Crippen molar-refractivity contribution in [2.45, 2.75) is 76.8 Å². The second-order valence-corrected chi connectivity index (χ2v) is 12.4. The number of aromatic nitrogens is 5. The lowest BCUT2D eigenvalue weighted by molar-refractivity contribution is -0.138. The van der Waals surface area contributed by atoms with E-state index in [0.717, 1.165) is 54.5 Å². The number of nitrogens with two attached hydrogens (primary N) is 1. The number of amidine groups is 1. The summed E-state index contributed by atoms with van der Waals surface area (Å²) in [5.74, 6) is -1.80. The Bertz CT molecular complexity index is 2000. The minimum absolute atomic E-state index is 0.0252. The lowest BCUT2D eigenvalue weighted by Crippen LogP contribution is -2.49. The Hall–Kier alpha value is -5.27. The number of hydrogen-bond acceptors (Lipinski definition) is 8. The maximum absolute atomic E-state index is 14.8. The van der Waals surface area contributed by atoms with Gasteiger partial charge in [0.05, 0.1) is 36.6 Å². The summed E-state index contributed by atoms with van der Waals surface area (Å²) in [7, 11) is 0. The van der Waals surface area contributed by atoms with Gasteiger partial charge in [-0.1, -0.05) is 25.3 Å². The normalized spacial score (nSPS) is 19.5. The summed E-state index contributed by atoms with van der Waals surface area (Å²) in [5.41, 5.74) is 9.34. The Morgan fingerprint density at radius 3 is 2.62 bits per heavy atom. The van der Waals surface area contributed by atoms with Gasteiger partial charge >= 0.3 is 0 Å². The average Bonchev–Trinajstić information content (AvgIpc) is 3.77. The zero-order chi connectivity index (χ0) is 32.8. The second-order valence-electron chi connectivity index (χ2n) is 12.4. The molecule has 5 heterocycles. The predicted octanol–water partition coefficient (Wildman–Crippen LogP) is 2.58. The Morgan fingerprint density at radius 2 is 1.87 bits per heavy atom. The summed E-state index contributed by atoms with van der Waals surface area (Å²) in [6.07, 6.45) is 6.61. The van der Waals surface area contributed by atoms with Crippen molar-refractivity contribution in [2.75, 3.05) is 6.54 Å². The zero-order valence-corrected chi connectivity index (χ0v) is 25.9. The number of alkyl halides is 1. The number of nitrogens with zero attached hydrogens (tertiary/aromatic N) is 7. The van der Waals surface area contributed by atoms with Crippen LogP contribution in [0.4, 0.5) is 4.39 Å². The summed E-state index contributed by atoms with van der Waals surface area (Å²) < 4.78 is 18.0. The van der Waals surface area contributed by atoms with Gasteiger partial charge in [0.2, 0.25) is 11.8 Å². The van der Waals surface area contributed by atoms with E-state index in [4.69, 9.17) is 5.73 Å². The van der Waals surface area contributed by atoms with E-state index < -0.39 is 29.9 Å². The maximum atomic E-state index is 14.8. The average molecular weight is 640 g/mol. The molecule has 2 aliphatic heterocycles. The molecule has 13 nitrogen and oxygen atoms in total. The fourth-order valence-electron chi connectivity index (χ4n) is 7.18. The molecule has 0 bridgehead atoms. The first kappa shape index (κ1) is 30.4. The van der Waals surface area contributed by atoms with Crippen LogP contribution in [-0.2, 0) is 22.7 Å². The third-order valence-electron chi connectivity index (χ3n) is 9.40. The molecule has 1 aliphatic carbocycles. The minimum Gasteiger partial charge on any atom is -0.364 e. The molecular weight excluding hydrogens is 605 g/mol. The molecule has 1 aromatic carbocycles. The van der Waals surface area contributed by atoms with Crippen LogP contribution in [0.2, 0.25) is 0 Å². The van der Waals surface area contributed by atoms with Crippen molar-refractivity contribution in [1.29, 1.82) is 0 Å². The molecule has 2 atom stereocenters. The quantitative estimate of drug-likeness (QED) is 0.327. The number of primary amides is 1. The van der Waals surface area contributed by atoms with Crippen molar-refractivity contribution in [2.24, 2.45) is 10.7 Å². The highest BCUT2D eigenvalue weighted by Crippen LogP contribution is 2.30. The molecule has 0 spiro atoms. The molecule has 14 heteroatoms. The molecule has 3 amide bonds. The predicted molar refractivity (Wildman–Crippen MR) is 170 cm³/mol. The summed E-state index contributed by atoms with van der Waals surface area (Å²) in [5, 5.41) is 15.2. The number of rotatable bonds is 6. The van der Waals surface area contributed by atoms with Gasteiger partial charge in [-0.3, -0.25) is 28.9 Å². The molecule has 0 radical (unpaired) electrons. The maximum Gasteiger partial charge on any atom is 0.269 e. The molecule has 3 aliphatic rings. The number of amides is 3. The number of carbonyl (C=O) groups is 3. The Labute approximate surface area is 268 Å². The molecule has 2 fully saturated rings. The van der Waals surface area contributed by atoms with Gasteiger partial charge in [0, 0.05) is 29.1 Å². The van der Waals surface area contributed by atoms with Crippen molar-refractivity contribution in [3.63, 3.8) is 0 Å². The van der Waals surface area contributed by atoms with E-state index in [9.17, 15) is 23.6 Å². The van der Waals surface area contributed by atoms with E-state index in [-0.39, 0.29) is 49.2 Å². The molecule has 2 unspecified atom stereocenters. The summed E-state index contributed by atoms with van der Waals surface area (Å²) >= 11 is 0.